The van der Waals surface area contributed by atoms with Crippen molar-refractivity contribution in [1.29, 1.82) is 0 Å². The maximum absolute atomic E-state index is 13.3. The smallest absolute Gasteiger partial charge is 0.248 e. The monoisotopic (exact) mass is 469 g/mol. The molecule has 174 valence electrons. The van der Waals surface area contributed by atoms with Gasteiger partial charge in [0.25, 0.3) is 0 Å². The lowest BCUT2D eigenvalue weighted by molar-refractivity contribution is -0.170. The Labute approximate surface area is 193 Å². The average Bonchev–Trinajstić information content (AvgIpc) is 3.57. The topological polar surface area (TPSA) is 88.0 Å². The minimum absolute atomic E-state index is 0.0612. The van der Waals surface area contributed by atoms with E-state index in [2.05, 4.69) is 4.98 Å². The van der Waals surface area contributed by atoms with Crippen LogP contribution in [-0.4, -0.2) is 71.0 Å². The minimum atomic E-state index is -3.59. The zero-order valence-electron chi connectivity index (χ0n) is 18.3. The number of fused-ring (bicyclic) bond motifs is 1. The predicted octanol–water partition coefficient (Wildman–Crippen LogP) is 1.88. The number of hydrogen-bond acceptors (Lipinski definition) is 6. The number of ether oxygens (including phenoxy) is 1. The number of aromatic nitrogens is 2. The highest BCUT2D eigenvalue weighted by Crippen LogP contribution is 2.37. The van der Waals surface area contributed by atoms with Crippen LogP contribution in [0.5, 0.6) is 0 Å². The van der Waals surface area contributed by atoms with Crippen LogP contribution in [0.25, 0.3) is 6.08 Å². The van der Waals surface area contributed by atoms with Crippen LogP contribution >= 0.6 is 0 Å². The first-order chi connectivity index (χ1) is 15.9. The van der Waals surface area contributed by atoms with E-state index in [9.17, 15) is 13.2 Å². The normalized spacial score (nSPS) is 23.2. The molecular weight excluding hydrogens is 442 g/mol. The fourth-order valence-corrected chi connectivity index (χ4v) is 6.43. The fourth-order valence-electron chi connectivity index (χ4n) is 4.99. The van der Waals surface area contributed by atoms with E-state index in [0.29, 0.717) is 50.1 Å². The number of piperidine rings is 1. The highest BCUT2D eigenvalue weighted by molar-refractivity contribution is 7.89. The van der Waals surface area contributed by atoms with Crippen molar-refractivity contribution in [3.63, 3.8) is 0 Å². The summed E-state index contributed by atoms with van der Waals surface area (Å²) in [7, 11) is -3.59. The summed E-state index contributed by atoms with van der Waals surface area (Å²) in [6.45, 7) is 2.12. The number of anilines is 1. The molecule has 0 atom stereocenters. The molecule has 1 aromatic heterocycles. The Morgan fingerprint density at radius 2 is 1.85 bits per heavy atom. The number of carbonyl (C=O) groups is 1. The number of amides is 1. The maximum atomic E-state index is 13.3. The Morgan fingerprint density at radius 3 is 2.58 bits per heavy atom. The Kier molecular flexibility index (Phi) is 4.86. The van der Waals surface area contributed by atoms with Crippen molar-refractivity contribution < 1.29 is 17.9 Å². The molecule has 9 nitrogen and oxygen atoms in total. The van der Waals surface area contributed by atoms with Crippen LogP contribution < -0.4 is 4.90 Å². The molecule has 0 N–H and O–H groups in total. The Bertz CT molecular complexity index is 1190. The van der Waals surface area contributed by atoms with Crippen LogP contribution in [0.4, 0.5) is 5.69 Å². The molecule has 1 aromatic carbocycles. The summed E-state index contributed by atoms with van der Waals surface area (Å²) in [5.74, 6) is 0.964. The van der Waals surface area contributed by atoms with E-state index in [0.717, 1.165) is 24.4 Å². The van der Waals surface area contributed by atoms with Gasteiger partial charge in [0.2, 0.25) is 15.9 Å². The van der Waals surface area contributed by atoms with E-state index in [1.54, 1.807) is 22.6 Å². The third kappa shape index (κ3) is 3.75. The standard InChI is InChI=1S/C23H27N5O4S/c29-22-15-32-23(16-28(22)19-1-2-19)8-12-27(13-9-23)33(30,31)20-5-3-18(4-6-20)25-11-7-21-24-10-14-26(21)17-25/h3-7,10-11,14,19H,1-2,8-9,12-13,15-17H2. The van der Waals surface area contributed by atoms with Crippen LogP contribution in [0.2, 0.25) is 0 Å². The van der Waals surface area contributed by atoms with Gasteiger partial charge in [0.15, 0.2) is 0 Å². The van der Waals surface area contributed by atoms with Gasteiger partial charge in [-0.25, -0.2) is 13.4 Å². The zero-order valence-corrected chi connectivity index (χ0v) is 19.2. The van der Waals surface area contributed by atoms with Crippen molar-refractivity contribution in [2.45, 2.75) is 48.9 Å². The average molecular weight is 470 g/mol. The lowest BCUT2D eigenvalue weighted by atomic mass is 9.90. The first-order valence-corrected chi connectivity index (χ1v) is 12.9. The highest BCUT2D eigenvalue weighted by Gasteiger charge is 2.47. The molecule has 1 amide bonds. The van der Waals surface area contributed by atoms with Gasteiger partial charge in [-0.05, 0) is 56.0 Å². The number of nitrogens with zero attached hydrogens (tertiary/aromatic N) is 5. The molecule has 1 saturated carbocycles. The van der Waals surface area contributed by atoms with Gasteiger partial charge in [-0.1, -0.05) is 0 Å². The van der Waals surface area contributed by atoms with Crippen molar-refractivity contribution >= 4 is 27.7 Å². The number of sulfonamides is 1. The Hall–Kier alpha value is -2.69. The molecule has 0 bridgehead atoms. The molecular formula is C23H27N5O4S. The summed E-state index contributed by atoms with van der Waals surface area (Å²) in [5.41, 5.74) is 0.502. The van der Waals surface area contributed by atoms with Gasteiger partial charge >= 0.3 is 0 Å². The Balaban J connectivity index is 1.13. The van der Waals surface area contributed by atoms with Crippen LogP contribution in [0.15, 0.2) is 47.8 Å². The molecule has 2 aromatic rings. The van der Waals surface area contributed by atoms with Gasteiger partial charge in [-0.2, -0.15) is 4.31 Å². The number of hydrogen-bond donors (Lipinski definition) is 0. The van der Waals surface area contributed by atoms with Gasteiger partial charge in [-0.3, -0.25) is 4.79 Å². The largest absolute Gasteiger partial charge is 0.363 e. The van der Waals surface area contributed by atoms with Crippen molar-refractivity contribution in [3.8, 4) is 0 Å². The third-order valence-electron chi connectivity index (χ3n) is 7.16. The first-order valence-electron chi connectivity index (χ1n) is 11.4. The molecule has 0 unspecified atom stereocenters. The maximum Gasteiger partial charge on any atom is 0.248 e. The van der Waals surface area contributed by atoms with Crippen molar-refractivity contribution in [3.05, 3.63) is 48.7 Å². The SMILES string of the molecule is O=C1COC2(CCN(S(=O)(=O)c3ccc(N4C=Cc5nccn5C4)cc3)CC2)CN1C1CC1. The van der Waals surface area contributed by atoms with Gasteiger partial charge in [0, 0.05) is 43.4 Å². The molecule has 2 saturated heterocycles. The van der Waals surface area contributed by atoms with E-state index in [-0.39, 0.29) is 12.5 Å². The molecule has 4 heterocycles. The van der Waals surface area contributed by atoms with Gasteiger partial charge in [0.1, 0.15) is 19.1 Å². The van der Waals surface area contributed by atoms with Crippen LogP contribution in [0.3, 0.4) is 0 Å². The summed E-state index contributed by atoms with van der Waals surface area (Å²) < 4.78 is 36.1. The van der Waals surface area contributed by atoms with E-state index in [1.807, 2.05) is 45.0 Å². The number of benzene rings is 1. The quantitative estimate of drug-likeness (QED) is 0.680. The minimum Gasteiger partial charge on any atom is -0.363 e. The van der Waals surface area contributed by atoms with Crippen LogP contribution in [-0.2, 0) is 26.2 Å². The first kappa shape index (κ1) is 20.9. The zero-order chi connectivity index (χ0) is 22.6. The second-order valence-electron chi connectivity index (χ2n) is 9.30. The fraction of sp³-hybridized carbons (Fsp3) is 0.478. The molecule has 4 aliphatic rings. The van der Waals surface area contributed by atoms with Crippen LogP contribution in [0.1, 0.15) is 31.5 Å². The van der Waals surface area contributed by atoms with E-state index in [4.69, 9.17) is 4.74 Å². The second-order valence-corrected chi connectivity index (χ2v) is 11.2. The number of imidazole rings is 1. The molecule has 10 heteroatoms. The van der Waals surface area contributed by atoms with Crippen molar-refractivity contribution in [1.82, 2.24) is 18.8 Å². The van der Waals surface area contributed by atoms with E-state index < -0.39 is 15.6 Å². The molecule has 3 aliphatic heterocycles. The van der Waals surface area contributed by atoms with E-state index >= 15 is 0 Å². The Morgan fingerprint density at radius 1 is 1.09 bits per heavy atom. The predicted molar refractivity (Wildman–Crippen MR) is 122 cm³/mol. The van der Waals surface area contributed by atoms with Gasteiger partial charge in [0.05, 0.1) is 17.0 Å². The van der Waals surface area contributed by atoms with Gasteiger partial charge in [-0.15, -0.1) is 0 Å². The molecule has 6 rings (SSSR count). The van der Waals surface area contributed by atoms with Crippen molar-refractivity contribution in [2.24, 2.45) is 0 Å². The number of carbonyl (C=O) groups excluding carboxylic acids is 1. The van der Waals surface area contributed by atoms with Crippen LogP contribution in [0, 0.1) is 0 Å². The summed E-state index contributed by atoms with van der Waals surface area (Å²) in [5, 5.41) is 0. The molecule has 0 radical (unpaired) electrons. The molecule has 3 fully saturated rings. The molecule has 33 heavy (non-hydrogen) atoms. The summed E-state index contributed by atoms with van der Waals surface area (Å²) in [6, 6.07) is 7.39. The lowest BCUT2D eigenvalue weighted by Gasteiger charge is -2.46. The number of morpholine rings is 1. The number of rotatable bonds is 4. The lowest BCUT2D eigenvalue weighted by Crippen LogP contribution is -2.59. The van der Waals surface area contributed by atoms with Crippen molar-refractivity contribution in [2.75, 3.05) is 31.1 Å². The van der Waals surface area contributed by atoms with E-state index in [1.165, 1.54) is 0 Å². The second kappa shape index (κ2) is 7.68. The third-order valence-corrected chi connectivity index (χ3v) is 9.08. The molecule has 1 spiro atoms. The molecule has 1 aliphatic carbocycles. The summed E-state index contributed by atoms with van der Waals surface area (Å²) in [4.78, 5) is 20.7. The summed E-state index contributed by atoms with van der Waals surface area (Å²) in [6.07, 6.45) is 10.9. The van der Waals surface area contributed by atoms with Gasteiger partial charge < -0.3 is 19.1 Å². The highest BCUT2D eigenvalue weighted by atomic mass is 32.2. The summed E-state index contributed by atoms with van der Waals surface area (Å²) >= 11 is 0.